The fraction of sp³-hybridized carbons (Fsp3) is 0.444. The molecule has 0 nitrogen and oxygen atoms in total. The molecule has 0 aliphatic heterocycles. The van der Waals surface area contributed by atoms with Crippen LogP contribution < -0.4 is 0 Å². The Morgan fingerprint density at radius 1 is 1.05 bits per heavy atom. The largest absolute Gasteiger partial charge is 0.0836 e. The number of aryl methyl sites for hydroxylation is 2. The van der Waals surface area contributed by atoms with E-state index in [1.54, 1.807) is 16.5 Å². The van der Waals surface area contributed by atoms with Gasteiger partial charge in [0.1, 0.15) is 0 Å². The molecule has 19 heavy (non-hydrogen) atoms. The van der Waals surface area contributed by atoms with Gasteiger partial charge in [0.2, 0.25) is 0 Å². The van der Waals surface area contributed by atoms with E-state index in [9.17, 15) is 0 Å². The Labute approximate surface area is 123 Å². The summed E-state index contributed by atoms with van der Waals surface area (Å²) in [7, 11) is 0. The number of halogens is 1. The second kappa shape index (κ2) is 4.34. The smallest absolute Gasteiger partial charge is 0.0429 e. The molecule has 1 heteroatoms. The Kier molecular flexibility index (Phi) is 2.73. The Balaban J connectivity index is 1.86. The minimum absolute atomic E-state index is 0.505. The van der Waals surface area contributed by atoms with Crippen LogP contribution in [0.2, 0.25) is 0 Å². The molecule has 98 valence electrons. The van der Waals surface area contributed by atoms with Gasteiger partial charge < -0.3 is 0 Å². The van der Waals surface area contributed by atoms with Crippen molar-refractivity contribution in [2.75, 3.05) is 0 Å². The summed E-state index contributed by atoms with van der Waals surface area (Å²) in [5.41, 5.74) is 4.60. The number of rotatable bonds is 3. The lowest BCUT2D eigenvalue weighted by molar-refractivity contribution is 0.504. The maximum absolute atomic E-state index is 3.98. The standard InChI is InChI=1S/C18H19Br/c1-11(12-5-6-12)18(19)16-10-9-14-8-7-13-3-2-4-15(16)17(13)14/h2-4,9-12,18H,5-8H2,1H3. The highest BCUT2D eigenvalue weighted by Crippen LogP contribution is 2.48. The van der Waals surface area contributed by atoms with E-state index in [-0.39, 0.29) is 0 Å². The third-order valence-corrected chi connectivity index (χ3v) is 6.36. The molecule has 2 aromatic carbocycles. The molecule has 0 spiro atoms. The normalized spacial score (nSPS) is 20.7. The molecule has 1 fully saturated rings. The van der Waals surface area contributed by atoms with E-state index in [1.807, 2.05) is 0 Å². The van der Waals surface area contributed by atoms with Crippen LogP contribution in [-0.2, 0) is 12.8 Å². The molecule has 0 amide bonds. The summed E-state index contributed by atoms with van der Waals surface area (Å²) in [4.78, 5) is 0.505. The molecule has 0 radical (unpaired) electrons. The Hall–Kier alpha value is -0.820. The van der Waals surface area contributed by atoms with Crippen LogP contribution >= 0.6 is 15.9 Å². The zero-order chi connectivity index (χ0) is 13.0. The minimum atomic E-state index is 0.505. The van der Waals surface area contributed by atoms with Gasteiger partial charge in [0.05, 0.1) is 0 Å². The summed E-state index contributed by atoms with van der Waals surface area (Å²) in [5, 5.41) is 3.04. The van der Waals surface area contributed by atoms with Crippen molar-refractivity contribution >= 4 is 26.7 Å². The van der Waals surface area contributed by atoms with Crippen molar-refractivity contribution in [1.82, 2.24) is 0 Å². The number of hydrogen-bond donors (Lipinski definition) is 0. The molecule has 2 unspecified atom stereocenters. The molecule has 0 bridgehead atoms. The van der Waals surface area contributed by atoms with E-state index in [0.717, 1.165) is 11.8 Å². The van der Waals surface area contributed by atoms with Crippen molar-refractivity contribution in [3.8, 4) is 0 Å². The summed E-state index contributed by atoms with van der Waals surface area (Å²) in [6.07, 6.45) is 5.29. The van der Waals surface area contributed by atoms with Crippen LogP contribution in [0.5, 0.6) is 0 Å². The maximum atomic E-state index is 3.98. The zero-order valence-electron chi connectivity index (χ0n) is 11.3. The van der Waals surface area contributed by atoms with Gasteiger partial charge in [0.25, 0.3) is 0 Å². The van der Waals surface area contributed by atoms with Gasteiger partial charge in [-0.1, -0.05) is 53.2 Å². The van der Waals surface area contributed by atoms with Gasteiger partial charge in [-0.2, -0.15) is 0 Å². The summed E-state index contributed by atoms with van der Waals surface area (Å²) in [5.74, 6) is 1.69. The van der Waals surface area contributed by atoms with Gasteiger partial charge >= 0.3 is 0 Å². The van der Waals surface area contributed by atoms with Gasteiger partial charge in [-0.05, 0) is 65.0 Å². The van der Waals surface area contributed by atoms with E-state index in [1.165, 1.54) is 36.6 Å². The van der Waals surface area contributed by atoms with E-state index in [4.69, 9.17) is 0 Å². The van der Waals surface area contributed by atoms with Crippen LogP contribution in [0.25, 0.3) is 10.8 Å². The monoisotopic (exact) mass is 314 g/mol. The van der Waals surface area contributed by atoms with Crippen molar-refractivity contribution in [2.24, 2.45) is 11.8 Å². The van der Waals surface area contributed by atoms with E-state index < -0.39 is 0 Å². The second-order valence-corrected chi connectivity index (χ2v) is 7.24. The predicted octanol–water partition coefficient (Wildman–Crippen LogP) is 5.42. The lowest BCUT2D eigenvalue weighted by Crippen LogP contribution is -2.06. The third kappa shape index (κ3) is 1.86. The van der Waals surface area contributed by atoms with Crippen molar-refractivity contribution in [1.29, 1.82) is 0 Å². The molecule has 0 aromatic heterocycles. The van der Waals surface area contributed by atoms with E-state index in [2.05, 4.69) is 53.2 Å². The molecular formula is C18H19Br. The van der Waals surface area contributed by atoms with Crippen molar-refractivity contribution in [3.63, 3.8) is 0 Å². The van der Waals surface area contributed by atoms with Crippen LogP contribution in [0.1, 0.15) is 41.3 Å². The molecule has 0 N–H and O–H groups in total. The van der Waals surface area contributed by atoms with Crippen LogP contribution in [0.15, 0.2) is 30.3 Å². The van der Waals surface area contributed by atoms with Gasteiger partial charge in [-0.25, -0.2) is 0 Å². The fourth-order valence-electron chi connectivity index (χ4n) is 3.65. The molecular weight excluding hydrogens is 296 g/mol. The first-order chi connectivity index (χ1) is 9.25. The minimum Gasteiger partial charge on any atom is -0.0836 e. The number of benzene rings is 2. The summed E-state index contributed by atoms with van der Waals surface area (Å²) in [6.45, 7) is 2.40. The SMILES string of the molecule is CC(C1CC1)C(Br)c1ccc2c3c(cccc13)CC2. The molecule has 2 aliphatic carbocycles. The van der Waals surface area contributed by atoms with Crippen molar-refractivity contribution in [3.05, 3.63) is 47.0 Å². The third-order valence-electron chi connectivity index (χ3n) is 5.03. The maximum Gasteiger partial charge on any atom is 0.0429 e. The first-order valence-electron chi connectivity index (χ1n) is 7.43. The van der Waals surface area contributed by atoms with Crippen LogP contribution in [0.3, 0.4) is 0 Å². The van der Waals surface area contributed by atoms with Crippen LogP contribution in [0.4, 0.5) is 0 Å². The first kappa shape index (κ1) is 12.0. The highest BCUT2D eigenvalue weighted by atomic mass is 79.9. The average Bonchev–Trinajstić information content (AvgIpc) is 3.21. The molecule has 4 rings (SSSR count). The van der Waals surface area contributed by atoms with Gasteiger partial charge in [0, 0.05) is 4.83 Å². The Morgan fingerprint density at radius 3 is 2.53 bits per heavy atom. The summed E-state index contributed by atoms with van der Waals surface area (Å²) >= 11 is 3.98. The highest BCUT2D eigenvalue weighted by Gasteiger charge is 2.33. The lowest BCUT2D eigenvalue weighted by atomic mass is 9.91. The van der Waals surface area contributed by atoms with Crippen molar-refractivity contribution in [2.45, 2.75) is 37.4 Å². The Bertz CT molecular complexity index is 629. The highest BCUT2D eigenvalue weighted by molar-refractivity contribution is 9.09. The molecule has 2 aromatic rings. The molecule has 2 atom stereocenters. The first-order valence-corrected chi connectivity index (χ1v) is 8.34. The number of hydrogen-bond acceptors (Lipinski definition) is 0. The second-order valence-electron chi connectivity index (χ2n) is 6.25. The average molecular weight is 315 g/mol. The van der Waals surface area contributed by atoms with Gasteiger partial charge in [-0.15, -0.1) is 0 Å². The quantitative estimate of drug-likeness (QED) is 0.663. The summed E-state index contributed by atoms with van der Waals surface area (Å²) < 4.78 is 0. The van der Waals surface area contributed by atoms with Crippen LogP contribution in [-0.4, -0.2) is 0 Å². The fourth-order valence-corrected chi connectivity index (χ4v) is 4.48. The zero-order valence-corrected chi connectivity index (χ0v) is 12.9. The Morgan fingerprint density at radius 2 is 1.79 bits per heavy atom. The van der Waals surface area contributed by atoms with E-state index >= 15 is 0 Å². The van der Waals surface area contributed by atoms with Crippen molar-refractivity contribution < 1.29 is 0 Å². The molecule has 2 aliphatic rings. The topological polar surface area (TPSA) is 0 Å². The van der Waals surface area contributed by atoms with Gasteiger partial charge in [0.15, 0.2) is 0 Å². The lowest BCUT2D eigenvalue weighted by Gasteiger charge is -2.20. The predicted molar refractivity (Wildman–Crippen MR) is 84.9 cm³/mol. The summed E-state index contributed by atoms with van der Waals surface area (Å²) in [6, 6.07) is 11.6. The molecule has 1 saturated carbocycles. The number of alkyl halides is 1. The van der Waals surface area contributed by atoms with Gasteiger partial charge in [-0.3, -0.25) is 0 Å². The van der Waals surface area contributed by atoms with Crippen LogP contribution in [0, 0.1) is 11.8 Å². The molecule has 0 heterocycles. The molecule has 0 saturated heterocycles. The van der Waals surface area contributed by atoms with E-state index in [0.29, 0.717) is 4.83 Å².